The lowest BCUT2D eigenvalue weighted by molar-refractivity contribution is 0.199. The first-order chi connectivity index (χ1) is 9.30. The van der Waals surface area contributed by atoms with Crippen molar-refractivity contribution in [3.63, 3.8) is 0 Å². The Balaban J connectivity index is 2.42. The van der Waals surface area contributed by atoms with Gasteiger partial charge in [0.25, 0.3) is 0 Å². The van der Waals surface area contributed by atoms with Gasteiger partial charge in [-0.25, -0.2) is 0 Å². The summed E-state index contributed by atoms with van der Waals surface area (Å²) in [7, 11) is 5.02. The molecule has 0 saturated carbocycles. The molecule has 0 saturated heterocycles. The highest BCUT2D eigenvalue weighted by Gasteiger charge is 1.98. The Bertz CT molecular complexity index is 369. The predicted octanol–water partition coefficient (Wildman–Crippen LogP) is 2.34. The number of methoxy groups -OCH3 is 3. The summed E-state index contributed by atoms with van der Waals surface area (Å²) in [6.45, 7) is 2.58. The first kappa shape index (κ1) is 15.5. The molecule has 1 aromatic rings. The van der Waals surface area contributed by atoms with Crippen molar-refractivity contribution in [2.45, 2.75) is 6.42 Å². The van der Waals surface area contributed by atoms with Crippen molar-refractivity contribution >= 4 is 6.08 Å². The molecule has 0 aliphatic rings. The van der Waals surface area contributed by atoms with Gasteiger partial charge in [-0.05, 0) is 30.7 Å². The standard InChI is InChI=1S/C15H23NO3/c1-17-9-8-16-7-5-4-6-13-10-14(18-2)12-15(11-13)19-3/h4,6,10-12,16H,5,7-9H2,1-3H3. The molecule has 0 aliphatic heterocycles. The van der Waals surface area contributed by atoms with Crippen LogP contribution >= 0.6 is 0 Å². The number of nitrogens with one attached hydrogen (secondary N) is 1. The van der Waals surface area contributed by atoms with Gasteiger partial charge in [0.05, 0.1) is 20.8 Å². The number of rotatable bonds is 9. The van der Waals surface area contributed by atoms with Gasteiger partial charge >= 0.3 is 0 Å². The molecule has 4 nitrogen and oxygen atoms in total. The molecule has 1 aromatic carbocycles. The van der Waals surface area contributed by atoms with E-state index in [1.54, 1.807) is 21.3 Å². The second kappa shape index (κ2) is 9.42. The quantitative estimate of drug-likeness (QED) is 0.696. The van der Waals surface area contributed by atoms with E-state index in [-0.39, 0.29) is 0 Å². The third-order valence-electron chi connectivity index (χ3n) is 2.65. The van der Waals surface area contributed by atoms with E-state index in [2.05, 4.69) is 17.5 Å². The van der Waals surface area contributed by atoms with Crippen molar-refractivity contribution in [3.8, 4) is 11.5 Å². The highest BCUT2D eigenvalue weighted by molar-refractivity contribution is 5.55. The summed E-state index contributed by atoms with van der Waals surface area (Å²) < 4.78 is 15.4. The van der Waals surface area contributed by atoms with E-state index in [0.29, 0.717) is 0 Å². The van der Waals surface area contributed by atoms with Crippen LogP contribution in [0.4, 0.5) is 0 Å². The minimum atomic E-state index is 0.747. The number of hydrogen-bond acceptors (Lipinski definition) is 4. The minimum absolute atomic E-state index is 0.747. The normalized spacial score (nSPS) is 10.9. The molecule has 0 aliphatic carbocycles. The fourth-order valence-corrected chi connectivity index (χ4v) is 1.63. The van der Waals surface area contributed by atoms with Gasteiger partial charge in [-0.3, -0.25) is 0 Å². The summed E-state index contributed by atoms with van der Waals surface area (Å²) >= 11 is 0. The smallest absolute Gasteiger partial charge is 0.123 e. The maximum absolute atomic E-state index is 5.23. The fourth-order valence-electron chi connectivity index (χ4n) is 1.63. The molecule has 106 valence electrons. The van der Waals surface area contributed by atoms with Crippen LogP contribution in [0.2, 0.25) is 0 Å². The van der Waals surface area contributed by atoms with Crippen LogP contribution in [0.3, 0.4) is 0 Å². The number of benzene rings is 1. The second-order valence-electron chi connectivity index (χ2n) is 4.08. The van der Waals surface area contributed by atoms with E-state index in [1.165, 1.54) is 0 Å². The van der Waals surface area contributed by atoms with Gasteiger partial charge in [0.1, 0.15) is 11.5 Å². The molecule has 0 bridgehead atoms. The van der Waals surface area contributed by atoms with Crippen molar-refractivity contribution in [2.75, 3.05) is 41.0 Å². The van der Waals surface area contributed by atoms with Crippen molar-refractivity contribution in [1.29, 1.82) is 0 Å². The maximum Gasteiger partial charge on any atom is 0.123 e. The van der Waals surface area contributed by atoms with Crippen LogP contribution in [0.15, 0.2) is 24.3 Å². The molecule has 1 rings (SSSR count). The van der Waals surface area contributed by atoms with Crippen molar-refractivity contribution in [3.05, 3.63) is 29.8 Å². The molecule has 0 radical (unpaired) electrons. The van der Waals surface area contributed by atoms with E-state index < -0.39 is 0 Å². The topological polar surface area (TPSA) is 39.7 Å². The van der Waals surface area contributed by atoms with Crippen LogP contribution in [0.5, 0.6) is 11.5 Å². The minimum Gasteiger partial charge on any atom is -0.497 e. The molecule has 0 spiro atoms. The van der Waals surface area contributed by atoms with Gasteiger partial charge in [0.2, 0.25) is 0 Å². The van der Waals surface area contributed by atoms with Crippen LogP contribution < -0.4 is 14.8 Å². The van der Waals surface area contributed by atoms with Crippen molar-refractivity contribution in [1.82, 2.24) is 5.32 Å². The number of hydrogen-bond donors (Lipinski definition) is 1. The zero-order valence-electron chi connectivity index (χ0n) is 11.9. The Labute approximate surface area is 115 Å². The monoisotopic (exact) mass is 265 g/mol. The highest BCUT2D eigenvalue weighted by atomic mass is 16.5. The summed E-state index contributed by atoms with van der Waals surface area (Å²) in [5.41, 5.74) is 1.08. The average molecular weight is 265 g/mol. The molecular weight excluding hydrogens is 242 g/mol. The molecular formula is C15H23NO3. The van der Waals surface area contributed by atoms with Crippen LogP contribution in [-0.4, -0.2) is 41.0 Å². The van der Waals surface area contributed by atoms with Crippen molar-refractivity contribution < 1.29 is 14.2 Å². The summed E-state index contributed by atoms with van der Waals surface area (Å²) in [5.74, 6) is 1.61. The van der Waals surface area contributed by atoms with Gasteiger partial charge in [-0.15, -0.1) is 0 Å². The third-order valence-corrected chi connectivity index (χ3v) is 2.65. The Morgan fingerprint density at radius 2 is 1.68 bits per heavy atom. The molecule has 0 fully saturated rings. The summed E-state index contributed by atoms with van der Waals surface area (Å²) in [5, 5.41) is 3.29. The molecule has 0 amide bonds. The van der Waals surface area contributed by atoms with E-state index >= 15 is 0 Å². The SMILES string of the molecule is COCCNCCC=Cc1cc(OC)cc(OC)c1. The Kier molecular flexibility index (Phi) is 7.70. The summed E-state index contributed by atoms with van der Waals surface area (Å²) in [4.78, 5) is 0. The molecule has 0 aromatic heterocycles. The lowest BCUT2D eigenvalue weighted by atomic mass is 10.1. The Morgan fingerprint density at radius 1 is 1.00 bits per heavy atom. The van der Waals surface area contributed by atoms with Crippen LogP contribution in [0.1, 0.15) is 12.0 Å². The molecule has 4 heteroatoms. The second-order valence-corrected chi connectivity index (χ2v) is 4.08. The Morgan fingerprint density at radius 3 is 2.26 bits per heavy atom. The predicted molar refractivity (Wildman–Crippen MR) is 77.9 cm³/mol. The highest BCUT2D eigenvalue weighted by Crippen LogP contribution is 2.23. The molecule has 0 atom stereocenters. The first-order valence-electron chi connectivity index (χ1n) is 6.39. The summed E-state index contributed by atoms with van der Waals surface area (Å²) in [6.07, 6.45) is 5.18. The zero-order chi connectivity index (χ0) is 13.9. The van der Waals surface area contributed by atoms with Gasteiger partial charge in [0.15, 0.2) is 0 Å². The van der Waals surface area contributed by atoms with Crippen molar-refractivity contribution in [2.24, 2.45) is 0 Å². The first-order valence-corrected chi connectivity index (χ1v) is 6.39. The average Bonchev–Trinajstić information content (AvgIpc) is 2.45. The van der Waals surface area contributed by atoms with Crippen LogP contribution in [0, 0.1) is 0 Å². The molecule has 0 unspecified atom stereocenters. The lowest BCUT2D eigenvalue weighted by Gasteiger charge is -2.05. The lowest BCUT2D eigenvalue weighted by Crippen LogP contribution is -2.19. The largest absolute Gasteiger partial charge is 0.497 e. The van der Waals surface area contributed by atoms with Gasteiger partial charge in [-0.2, -0.15) is 0 Å². The molecule has 1 N–H and O–H groups in total. The number of ether oxygens (including phenoxy) is 3. The third kappa shape index (κ3) is 6.27. The fraction of sp³-hybridized carbons (Fsp3) is 0.467. The van der Waals surface area contributed by atoms with E-state index in [9.17, 15) is 0 Å². The maximum atomic E-state index is 5.23. The van der Waals surface area contributed by atoms with Crippen LogP contribution in [-0.2, 0) is 4.74 Å². The Hall–Kier alpha value is -1.52. The van der Waals surface area contributed by atoms with Gasteiger partial charge < -0.3 is 19.5 Å². The van der Waals surface area contributed by atoms with Gasteiger partial charge in [0, 0.05) is 19.7 Å². The van der Waals surface area contributed by atoms with Crippen LogP contribution in [0.25, 0.3) is 6.08 Å². The zero-order valence-corrected chi connectivity index (χ0v) is 11.9. The van der Waals surface area contributed by atoms with E-state index in [4.69, 9.17) is 14.2 Å². The summed E-state index contributed by atoms with van der Waals surface area (Å²) in [6, 6.07) is 5.83. The van der Waals surface area contributed by atoms with Gasteiger partial charge in [-0.1, -0.05) is 12.2 Å². The van der Waals surface area contributed by atoms with E-state index in [1.807, 2.05) is 18.2 Å². The van der Waals surface area contributed by atoms with E-state index in [0.717, 1.165) is 43.2 Å². The molecule has 0 heterocycles. The molecule has 19 heavy (non-hydrogen) atoms.